The van der Waals surface area contributed by atoms with Gasteiger partial charge in [0.15, 0.2) is 0 Å². The highest BCUT2D eigenvalue weighted by Gasteiger charge is 2.26. The van der Waals surface area contributed by atoms with Crippen LogP contribution in [0.5, 0.6) is 5.75 Å². The van der Waals surface area contributed by atoms with E-state index in [1.807, 2.05) is 0 Å². The van der Waals surface area contributed by atoms with Crippen LogP contribution in [0.3, 0.4) is 0 Å². The summed E-state index contributed by atoms with van der Waals surface area (Å²) in [5, 5.41) is 19.4. The van der Waals surface area contributed by atoms with Crippen LogP contribution in [0.2, 0.25) is 0 Å². The molecule has 4 nitrogen and oxygen atoms in total. The first kappa shape index (κ1) is 21.5. The van der Waals surface area contributed by atoms with Crippen molar-refractivity contribution in [1.82, 2.24) is 0 Å². The van der Waals surface area contributed by atoms with Gasteiger partial charge in [0.2, 0.25) is 0 Å². The van der Waals surface area contributed by atoms with E-state index in [4.69, 9.17) is 9.84 Å². The second kappa shape index (κ2) is 8.70. The molecule has 4 heteroatoms. The average Bonchev–Trinajstić information content (AvgIpc) is 2.46. The lowest BCUT2D eigenvalue weighted by molar-refractivity contribution is -0.144. The minimum Gasteiger partial charge on any atom is -0.507 e. The minimum absolute atomic E-state index is 0.0337. The zero-order valence-corrected chi connectivity index (χ0v) is 16.6. The first-order valence-electron chi connectivity index (χ1n) is 9.10. The number of aliphatic hydroxyl groups is 1. The van der Waals surface area contributed by atoms with Crippen LogP contribution in [-0.4, -0.2) is 29.4 Å². The van der Waals surface area contributed by atoms with Gasteiger partial charge in [-0.2, -0.15) is 0 Å². The van der Waals surface area contributed by atoms with Crippen LogP contribution >= 0.6 is 0 Å². The third-order valence-electron chi connectivity index (χ3n) is 4.20. The third kappa shape index (κ3) is 6.69. The quantitative estimate of drug-likeness (QED) is 0.570. The average molecular weight is 350 g/mol. The van der Waals surface area contributed by atoms with E-state index in [2.05, 4.69) is 53.7 Å². The summed E-state index contributed by atoms with van der Waals surface area (Å²) in [4.78, 5) is 11.7. The molecule has 0 unspecified atom stereocenters. The van der Waals surface area contributed by atoms with Crippen LogP contribution in [0.15, 0.2) is 12.1 Å². The van der Waals surface area contributed by atoms with E-state index in [9.17, 15) is 9.90 Å². The summed E-state index contributed by atoms with van der Waals surface area (Å²) in [6, 6.07) is 4.11. The Bertz CT molecular complexity index is 542. The first-order chi connectivity index (χ1) is 11.5. The van der Waals surface area contributed by atoms with Gasteiger partial charge in [-0.15, -0.1) is 0 Å². The number of phenolic OH excluding ortho intramolecular Hbond substituents is 1. The van der Waals surface area contributed by atoms with Crippen molar-refractivity contribution in [3.63, 3.8) is 0 Å². The fraction of sp³-hybridized carbons (Fsp3) is 0.667. The monoisotopic (exact) mass is 350 g/mol. The highest BCUT2D eigenvalue weighted by molar-refractivity contribution is 5.69. The van der Waals surface area contributed by atoms with Gasteiger partial charge in [0.25, 0.3) is 0 Å². The molecule has 0 heterocycles. The number of carbonyl (C=O) groups excluding carboxylic acids is 1. The number of aromatic hydroxyl groups is 1. The molecule has 0 aromatic heterocycles. The third-order valence-corrected chi connectivity index (χ3v) is 4.20. The molecular weight excluding hydrogens is 316 g/mol. The van der Waals surface area contributed by atoms with E-state index in [1.54, 1.807) is 0 Å². The maximum atomic E-state index is 11.7. The van der Waals surface area contributed by atoms with Crippen molar-refractivity contribution in [2.45, 2.75) is 78.1 Å². The molecule has 1 aromatic carbocycles. The molecule has 0 fully saturated rings. The molecule has 0 aliphatic carbocycles. The van der Waals surface area contributed by atoms with Crippen LogP contribution in [0.4, 0.5) is 0 Å². The smallest absolute Gasteiger partial charge is 0.305 e. The van der Waals surface area contributed by atoms with Crippen molar-refractivity contribution in [2.75, 3.05) is 13.2 Å². The molecule has 0 spiro atoms. The van der Waals surface area contributed by atoms with Crippen LogP contribution in [0, 0.1) is 0 Å². The lowest BCUT2D eigenvalue weighted by atomic mass is 9.78. The molecule has 25 heavy (non-hydrogen) atoms. The van der Waals surface area contributed by atoms with Gasteiger partial charge in [0, 0.05) is 19.4 Å². The number of phenols is 1. The lowest BCUT2D eigenvalue weighted by Gasteiger charge is -2.28. The normalized spacial score (nSPS) is 12.3. The van der Waals surface area contributed by atoms with Crippen molar-refractivity contribution in [2.24, 2.45) is 0 Å². The lowest BCUT2D eigenvalue weighted by Crippen LogP contribution is -2.18. The Morgan fingerprint density at radius 1 is 1.00 bits per heavy atom. The summed E-state index contributed by atoms with van der Waals surface area (Å²) in [7, 11) is 0. The van der Waals surface area contributed by atoms with E-state index >= 15 is 0 Å². The highest BCUT2D eigenvalue weighted by Crippen LogP contribution is 2.40. The van der Waals surface area contributed by atoms with Crippen LogP contribution in [0.1, 0.15) is 77.5 Å². The summed E-state index contributed by atoms with van der Waals surface area (Å²) in [5.74, 6) is 0.159. The van der Waals surface area contributed by atoms with Gasteiger partial charge in [0.1, 0.15) is 5.75 Å². The molecule has 2 N–H and O–H groups in total. The number of benzene rings is 1. The number of hydrogen-bond donors (Lipinski definition) is 2. The summed E-state index contributed by atoms with van der Waals surface area (Å²) in [5.41, 5.74) is 2.73. The fourth-order valence-corrected chi connectivity index (χ4v) is 2.74. The summed E-state index contributed by atoms with van der Waals surface area (Å²) in [6.45, 7) is 12.9. The van der Waals surface area contributed by atoms with Crippen molar-refractivity contribution in [3.05, 3.63) is 28.8 Å². The van der Waals surface area contributed by atoms with Crippen LogP contribution < -0.4 is 0 Å². The second-order valence-electron chi connectivity index (χ2n) is 8.69. The molecule has 0 saturated heterocycles. The largest absolute Gasteiger partial charge is 0.507 e. The molecule has 0 saturated carbocycles. The van der Waals surface area contributed by atoms with Crippen LogP contribution in [0.25, 0.3) is 0 Å². The van der Waals surface area contributed by atoms with Gasteiger partial charge in [0.05, 0.1) is 6.61 Å². The molecule has 0 amide bonds. The number of rotatable bonds is 7. The standard InChI is InChI=1S/C21H34O4/c1-20(2,3)16-13-15(14-17(19(16)24)21(4,5)6)9-7-10-18(23)25-12-8-11-22/h13-14,22,24H,7-12H2,1-6H3. The zero-order chi connectivity index (χ0) is 19.3. The second-order valence-corrected chi connectivity index (χ2v) is 8.69. The van der Waals surface area contributed by atoms with Gasteiger partial charge >= 0.3 is 5.97 Å². The van der Waals surface area contributed by atoms with Crippen LogP contribution in [-0.2, 0) is 26.8 Å². The SMILES string of the molecule is CC(C)(C)c1cc(CCCC(=O)OCCCO)cc(C(C)(C)C)c1O. The minimum atomic E-state index is -0.223. The number of carbonyl (C=O) groups is 1. The number of hydrogen-bond acceptors (Lipinski definition) is 4. The van der Waals surface area contributed by atoms with E-state index in [0.717, 1.165) is 23.1 Å². The van der Waals surface area contributed by atoms with E-state index in [0.29, 0.717) is 25.0 Å². The summed E-state index contributed by atoms with van der Waals surface area (Å²) in [6.07, 6.45) is 2.31. The van der Waals surface area contributed by atoms with Crippen molar-refractivity contribution >= 4 is 5.97 Å². The molecule has 1 rings (SSSR count). The Morgan fingerprint density at radius 2 is 1.52 bits per heavy atom. The zero-order valence-electron chi connectivity index (χ0n) is 16.6. The molecular formula is C21H34O4. The van der Waals surface area contributed by atoms with E-state index in [-0.39, 0.29) is 30.0 Å². The molecule has 1 aromatic rings. The molecule has 142 valence electrons. The molecule has 0 aliphatic rings. The van der Waals surface area contributed by atoms with Gasteiger partial charge < -0.3 is 14.9 Å². The number of aryl methyl sites for hydroxylation is 1. The summed E-state index contributed by atoms with van der Waals surface area (Å²) < 4.78 is 5.06. The Labute approximate surface area is 152 Å². The van der Waals surface area contributed by atoms with Gasteiger partial charge in [-0.3, -0.25) is 4.79 Å². The van der Waals surface area contributed by atoms with Crippen molar-refractivity contribution in [3.8, 4) is 5.75 Å². The van der Waals surface area contributed by atoms with Crippen molar-refractivity contribution < 1.29 is 19.7 Å². The van der Waals surface area contributed by atoms with Crippen molar-refractivity contribution in [1.29, 1.82) is 0 Å². The number of ether oxygens (including phenoxy) is 1. The highest BCUT2D eigenvalue weighted by atomic mass is 16.5. The molecule has 0 aliphatic heterocycles. The maximum Gasteiger partial charge on any atom is 0.305 e. The van der Waals surface area contributed by atoms with Gasteiger partial charge in [-0.05, 0) is 40.4 Å². The van der Waals surface area contributed by atoms with E-state index in [1.165, 1.54) is 0 Å². The molecule has 0 atom stereocenters. The number of aliphatic hydroxyl groups excluding tert-OH is 1. The molecule has 0 radical (unpaired) electrons. The maximum absolute atomic E-state index is 11.7. The predicted molar refractivity (Wildman–Crippen MR) is 101 cm³/mol. The molecule has 0 bridgehead atoms. The Morgan fingerprint density at radius 3 is 1.96 bits per heavy atom. The summed E-state index contributed by atoms with van der Waals surface area (Å²) >= 11 is 0. The topological polar surface area (TPSA) is 66.8 Å². The Balaban J connectivity index is 2.88. The Kier molecular flexibility index (Phi) is 7.48. The predicted octanol–water partition coefficient (Wildman–Crippen LogP) is 4.24. The van der Waals surface area contributed by atoms with Gasteiger partial charge in [-0.25, -0.2) is 0 Å². The first-order valence-corrected chi connectivity index (χ1v) is 9.10. The van der Waals surface area contributed by atoms with Gasteiger partial charge in [-0.1, -0.05) is 53.7 Å². The fourth-order valence-electron chi connectivity index (χ4n) is 2.74. The van der Waals surface area contributed by atoms with E-state index < -0.39 is 0 Å². The number of esters is 1. The Hall–Kier alpha value is -1.55.